The van der Waals surface area contributed by atoms with Crippen molar-refractivity contribution in [3.63, 3.8) is 0 Å². The molecule has 0 radical (unpaired) electrons. The number of aromatic nitrogens is 1. The summed E-state index contributed by atoms with van der Waals surface area (Å²) < 4.78 is 17.5. The molecule has 0 saturated heterocycles. The van der Waals surface area contributed by atoms with Crippen LogP contribution in [-0.4, -0.2) is 23.2 Å². The smallest absolute Gasteiger partial charge is 0.337 e. The molecular weight excluding hydrogens is 442 g/mol. The summed E-state index contributed by atoms with van der Waals surface area (Å²) in [6, 6.07) is 24.3. The highest BCUT2D eigenvalue weighted by Crippen LogP contribution is 2.34. The third-order valence-corrected chi connectivity index (χ3v) is 5.83. The molecule has 0 amide bonds. The monoisotopic (exact) mass is 469 g/mol. The van der Waals surface area contributed by atoms with Crippen molar-refractivity contribution in [2.24, 2.45) is 0 Å². The van der Waals surface area contributed by atoms with Gasteiger partial charge in [0.2, 0.25) is 0 Å². The minimum atomic E-state index is -1.06. The molecule has 35 heavy (non-hydrogen) atoms. The van der Waals surface area contributed by atoms with Crippen molar-refractivity contribution in [3.05, 3.63) is 107 Å². The van der Waals surface area contributed by atoms with E-state index in [1.54, 1.807) is 25.3 Å². The minimum Gasteiger partial charge on any atom is -0.497 e. The Morgan fingerprint density at radius 1 is 0.857 bits per heavy atom. The zero-order chi connectivity index (χ0) is 24.8. The van der Waals surface area contributed by atoms with E-state index in [1.165, 1.54) is 0 Å². The molecule has 4 aromatic rings. The maximum absolute atomic E-state index is 11.9. The fraction of sp³-hybridized carbons (Fsp3) is 0.172. The summed E-state index contributed by atoms with van der Waals surface area (Å²) in [7, 11) is 1.60. The van der Waals surface area contributed by atoms with E-state index in [0.29, 0.717) is 35.2 Å². The molecule has 3 aromatic carbocycles. The molecule has 6 heteroatoms. The molecule has 0 spiro atoms. The molecule has 0 aliphatic carbocycles. The van der Waals surface area contributed by atoms with Gasteiger partial charge in [0.15, 0.2) is 0 Å². The number of benzene rings is 3. The molecule has 0 unspecified atom stereocenters. The number of hydrogen-bond donors (Lipinski definition) is 1. The minimum absolute atomic E-state index is 0.0239. The van der Waals surface area contributed by atoms with Gasteiger partial charge in [-0.1, -0.05) is 42.5 Å². The van der Waals surface area contributed by atoms with Gasteiger partial charge in [-0.25, -0.2) is 9.78 Å². The van der Waals surface area contributed by atoms with Crippen molar-refractivity contribution in [1.82, 2.24) is 4.98 Å². The van der Waals surface area contributed by atoms with Crippen LogP contribution in [0.4, 0.5) is 0 Å². The number of methoxy groups -OCH3 is 1. The first-order chi connectivity index (χ1) is 17.0. The number of carboxylic acids is 1. The van der Waals surface area contributed by atoms with E-state index in [9.17, 15) is 9.90 Å². The molecule has 1 N–H and O–H groups in total. The Labute approximate surface area is 204 Å². The average Bonchev–Trinajstić information content (AvgIpc) is 2.88. The van der Waals surface area contributed by atoms with Gasteiger partial charge in [0, 0.05) is 11.6 Å². The SMILES string of the molecule is COc1ccc(-c2ccc(C(=O)O)c(COc3cccc(C)c3C)n2)c(OCc2ccccc2)c1. The largest absolute Gasteiger partial charge is 0.497 e. The van der Waals surface area contributed by atoms with Gasteiger partial charge in [-0.15, -0.1) is 0 Å². The molecule has 0 bridgehead atoms. The quantitative estimate of drug-likeness (QED) is 0.313. The fourth-order valence-corrected chi connectivity index (χ4v) is 3.68. The van der Waals surface area contributed by atoms with Crippen molar-refractivity contribution in [1.29, 1.82) is 0 Å². The third kappa shape index (κ3) is 5.61. The zero-order valence-electron chi connectivity index (χ0n) is 19.9. The molecule has 0 saturated carbocycles. The predicted octanol–water partition coefficient (Wildman–Crippen LogP) is 6.23. The predicted molar refractivity (Wildman–Crippen MR) is 134 cm³/mol. The van der Waals surface area contributed by atoms with Crippen molar-refractivity contribution in [2.45, 2.75) is 27.1 Å². The highest BCUT2D eigenvalue weighted by atomic mass is 16.5. The zero-order valence-corrected chi connectivity index (χ0v) is 19.9. The van der Waals surface area contributed by atoms with E-state index in [4.69, 9.17) is 14.2 Å². The van der Waals surface area contributed by atoms with Crippen LogP contribution in [0.1, 0.15) is 32.7 Å². The van der Waals surface area contributed by atoms with Gasteiger partial charge in [-0.3, -0.25) is 0 Å². The van der Waals surface area contributed by atoms with Crippen LogP contribution >= 0.6 is 0 Å². The lowest BCUT2D eigenvalue weighted by Crippen LogP contribution is -2.09. The van der Waals surface area contributed by atoms with Crippen LogP contribution in [0.2, 0.25) is 0 Å². The van der Waals surface area contributed by atoms with Gasteiger partial charge in [0.25, 0.3) is 0 Å². The molecule has 4 rings (SSSR count). The van der Waals surface area contributed by atoms with Gasteiger partial charge in [-0.05, 0) is 60.9 Å². The van der Waals surface area contributed by atoms with Crippen molar-refractivity contribution in [2.75, 3.05) is 7.11 Å². The molecule has 6 nitrogen and oxygen atoms in total. The van der Waals surface area contributed by atoms with E-state index in [-0.39, 0.29) is 12.2 Å². The van der Waals surface area contributed by atoms with E-state index >= 15 is 0 Å². The van der Waals surface area contributed by atoms with Crippen LogP contribution in [0.15, 0.2) is 78.9 Å². The van der Waals surface area contributed by atoms with Crippen molar-refractivity contribution in [3.8, 4) is 28.5 Å². The summed E-state index contributed by atoms with van der Waals surface area (Å²) in [4.78, 5) is 16.6. The average molecular weight is 470 g/mol. The molecule has 1 heterocycles. The number of nitrogens with zero attached hydrogens (tertiary/aromatic N) is 1. The summed E-state index contributed by atoms with van der Waals surface area (Å²) in [5.41, 5.74) is 4.87. The lowest BCUT2D eigenvalue weighted by atomic mass is 10.1. The first-order valence-corrected chi connectivity index (χ1v) is 11.2. The Hall–Kier alpha value is -4.32. The van der Waals surface area contributed by atoms with Crippen LogP contribution in [0.3, 0.4) is 0 Å². The first kappa shape index (κ1) is 23.8. The van der Waals surface area contributed by atoms with Crippen LogP contribution in [0.25, 0.3) is 11.3 Å². The number of aromatic carboxylic acids is 1. The second-order valence-corrected chi connectivity index (χ2v) is 8.12. The number of carboxylic acid groups (broad SMARTS) is 1. The Morgan fingerprint density at radius 3 is 2.37 bits per heavy atom. The number of ether oxygens (including phenoxy) is 3. The van der Waals surface area contributed by atoms with Crippen LogP contribution in [0.5, 0.6) is 17.2 Å². The molecule has 178 valence electrons. The Kier molecular flexibility index (Phi) is 7.31. The van der Waals surface area contributed by atoms with Crippen molar-refractivity contribution >= 4 is 5.97 Å². The Bertz CT molecular complexity index is 1330. The lowest BCUT2D eigenvalue weighted by molar-refractivity contribution is 0.0693. The Balaban J connectivity index is 1.67. The van der Waals surface area contributed by atoms with Gasteiger partial charge in [-0.2, -0.15) is 0 Å². The highest BCUT2D eigenvalue weighted by Gasteiger charge is 2.17. The second kappa shape index (κ2) is 10.7. The molecular formula is C29H27NO5. The maximum Gasteiger partial charge on any atom is 0.337 e. The molecule has 1 aromatic heterocycles. The van der Waals surface area contributed by atoms with Crippen LogP contribution in [0, 0.1) is 13.8 Å². The Morgan fingerprint density at radius 2 is 1.63 bits per heavy atom. The summed E-state index contributed by atoms with van der Waals surface area (Å²) in [6.45, 7) is 4.37. The van der Waals surface area contributed by atoms with Crippen LogP contribution in [-0.2, 0) is 13.2 Å². The summed E-state index contributed by atoms with van der Waals surface area (Å²) in [5.74, 6) is 0.881. The van der Waals surface area contributed by atoms with Gasteiger partial charge >= 0.3 is 5.97 Å². The summed E-state index contributed by atoms with van der Waals surface area (Å²) in [5, 5.41) is 9.72. The van der Waals surface area contributed by atoms with Gasteiger partial charge in [0.05, 0.1) is 24.1 Å². The van der Waals surface area contributed by atoms with Gasteiger partial charge < -0.3 is 19.3 Å². The second-order valence-electron chi connectivity index (χ2n) is 8.12. The summed E-state index contributed by atoms with van der Waals surface area (Å²) in [6.07, 6.45) is 0. The third-order valence-electron chi connectivity index (χ3n) is 5.83. The van der Waals surface area contributed by atoms with E-state index in [1.807, 2.05) is 74.5 Å². The maximum atomic E-state index is 11.9. The fourth-order valence-electron chi connectivity index (χ4n) is 3.68. The first-order valence-electron chi connectivity index (χ1n) is 11.2. The van der Waals surface area contributed by atoms with E-state index in [2.05, 4.69) is 4.98 Å². The normalized spacial score (nSPS) is 10.6. The molecule has 0 aliphatic heterocycles. The number of rotatable bonds is 9. The molecule has 0 atom stereocenters. The number of hydrogen-bond acceptors (Lipinski definition) is 5. The van der Waals surface area contributed by atoms with E-state index in [0.717, 1.165) is 22.3 Å². The standard InChI is InChI=1S/C29H27NO5/c1-19-8-7-11-27(20(19)2)35-18-26-24(29(31)32)14-15-25(30-26)23-13-12-22(33-3)16-28(23)34-17-21-9-5-4-6-10-21/h4-16H,17-18H2,1-3H3,(H,31,32). The molecule has 0 aliphatic rings. The van der Waals surface area contributed by atoms with E-state index < -0.39 is 5.97 Å². The lowest BCUT2D eigenvalue weighted by Gasteiger charge is -2.15. The number of pyridine rings is 1. The molecule has 0 fully saturated rings. The topological polar surface area (TPSA) is 77.9 Å². The summed E-state index contributed by atoms with van der Waals surface area (Å²) >= 11 is 0. The number of carbonyl (C=O) groups is 1. The van der Waals surface area contributed by atoms with Gasteiger partial charge in [0.1, 0.15) is 30.5 Å². The van der Waals surface area contributed by atoms with Crippen molar-refractivity contribution < 1.29 is 24.1 Å². The van der Waals surface area contributed by atoms with Crippen LogP contribution < -0.4 is 14.2 Å². The highest BCUT2D eigenvalue weighted by molar-refractivity contribution is 5.89. The number of aryl methyl sites for hydroxylation is 1.